The van der Waals surface area contributed by atoms with Crippen molar-refractivity contribution < 1.29 is 14.4 Å². The normalized spacial score (nSPS) is 27.5. The summed E-state index contributed by atoms with van der Waals surface area (Å²) in [5.41, 5.74) is 1.44. The van der Waals surface area contributed by atoms with Crippen molar-refractivity contribution in [1.82, 2.24) is 9.88 Å². The number of thiazole rings is 1. The first-order valence-electron chi connectivity index (χ1n) is 9.07. The van der Waals surface area contributed by atoms with E-state index < -0.39 is 5.91 Å². The second-order valence-corrected chi connectivity index (χ2v) is 8.59. The van der Waals surface area contributed by atoms with Gasteiger partial charge in [0.15, 0.2) is 5.13 Å². The average Bonchev–Trinajstić information content (AvgIpc) is 3.44. The summed E-state index contributed by atoms with van der Waals surface area (Å²) in [5, 5.41) is 5.47. The number of imide groups is 1. The van der Waals surface area contributed by atoms with Crippen molar-refractivity contribution in [2.45, 2.75) is 6.42 Å². The quantitative estimate of drug-likeness (QED) is 0.616. The molecular formula is C20H16ClN3O3S. The Kier molecular flexibility index (Phi) is 4.10. The van der Waals surface area contributed by atoms with Crippen LogP contribution >= 0.6 is 22.9 Å². The van der Waals surface area contributed by atoms with Gasteiger partial charge in [-0.15, -0.1) is 11.3 Å². The monoisotopic (exact) mass is 413 g/mol. The zero-order chi connectivity index (χ0) is 19.4. The molecule has 5 rings (SSSR count). The van der Waals surface area contributed by atoms with Crippen molar-refractivity contribution >= 4 is 45.8 Å². The average molecular weight is 414 g/mol. The first-order chi connectivity index (χ1) is 13.5. The number of nitrogens with one attached hydrogen (secondary N) is 1. The van der Waals surface area contributed by atoms with E-state index in [0.29, 0.717) is 15.8 Å². The van der Waals surface area contributed by atoms with E-state index in [1.807, 2.05) is 30.4 Å². The van der Waals surface area contributed by atoms with Gasteiger partial charge < -0.3 is 5.32 Å². The van der Waals surface area contributed by atoms with E-state index >= 15 is 0 Å². The van der Waals surface area contributed by atoms with E-state index in [-0.39, 0.29) is 42.0 Å². The molecule has 0 radical (unpaired) electrons. The van der Waals surface area contributed by atoms with Crippen molar-refractivity contribution in [3.63, 3.8) is 0 Å². The SMILES string of the molecule is O=C(CN1C(=O)[C@H]2[C@H](C1=O)[C@H]1C=C[C@H]2C1)Nc1nc(-c2ccccc2Cl)cs1. The maximum absolute atomic E-state index is 12.7. The van der Waals surface area contributed by atoms with Crippen molar-refractivity contribution in [2.24, 2.45) is 23.7 Å². The van der Waals surface area contributed by atoms with Crippen LogP contribution in [0.2, 0.25) is 5.02 Å². The third-order valence-electron chi connectivity index (χ3n) is 5.76. The Balaban J connectivity index is 1.27. The fourth-order valence-electron chi connectivity index (χ4n) is 4.55. The van der Waals surface area contributed by atoms with Crippen molar-refractivity contribution in [2.75, 3.05) is 11.9 Å². The molecule has 28 heavy (non-hydrogen) atoms. The van der Waals surface area contributed by atoms with Gasteiger partial charge in [0, 0.05) is 16.0 Å². The first-order valence-corrected chi connectivity index (χ1v) is 10.3. The first kappa shape index (κ1) is 17.6. The van der Waals surface area contributed by atoms with Crippen molar-refractivity contribution in [1.29, 1.82) is 0 Å². The highest BCUT2D eigenvalue weighted by Gasteiger charge is 2.59. The van der Waals surface area contributed by atoms with Crippen LogP contribution in [0.5, 0.6) is 0 Å². The standard InChI is InChI=1S/C20H16ClN3O3S/c21-13-4-2-1-3-12(13)14-9-28-20(22-14)23-15(25)8-24-18(26)16-10-5-6-11(7-10)17(16)19(24)27/h1-6,9-11,16-17H,7-8H2,(H,22,23,25)/t10-,11-,16+,17+/m0/s1. The molecule has 3 amide bonds. The van der Waals surface area contributed by atoms with Crippen LogP contribution in [0.15, 0.2) is 41.8 Å². The van der Waals surface area contributed by atoms with Crippen LogP contribution in [-0.4, -0.2) is 34.2 Å². The number of anilines is 1. The molecule has 2 aromatic rings. The molecule has 3 aliphatic rings. The molecule has 2 heterocycles. The van der Waals surface area contributed by atoms with Gasteiger partial charge in [-0.2, -0.15) is 0 Å². The number of allylic oxidation sites excluding steroid dienone is 2. The number of benzene rings is 1. The smallest absolute Gasteiger partial charge is 0.246 e. The number of carbonyl (C=O) groups excluding carboxylic acids is 3. The molecule has 1 aromatic carbocycles. The highest BCUT2D eigenvalue weighted by molar-refractivity contribution is 7.14. The number of hydrogen-bond donors (Lipinski definition) is 1. The van der Waals surface area contributed by atoms with Gasteiger partial charge in [0.25, 0.3) is 0 Å². The summed E-state index contributed by atoms with van der Waals surface area (Å²) < 4.78 is 0. The summed E-state index contributed by atoms with van der Waals surface area (Å²) in [6.45, 7) is -0.273. The summed E-state index contributed by atoms with van der Waals surface area (Å²) in [6.07, 6.45) is 4.94. The van der Waals surface area contributed by atoms with E-state index in [4.69, 9.17) is 11.6 Å². The Morgan fingerprint density at radius 3 is 2.54 bits per heavy atom. The Hall–Kier alpha value is -2.51. The molecule has 1 N–H and O–H groups in total. The fourth-order valence-corrected chi connectivity index (χ4v) is 5.51. The molecule has 8 heteroatoms. The minimum Gasteiger partial charge on any atom is -0.300 e. The molecule has 4 atom stereocenters. The molecule has 2 fully saturated rings. The van der Waals surface area contributed by atoms with Gasteiger partial charge in [-0.25, -0.2) is 4.98 Å². The number of hydrogen-bond acceptors (Lipinski definition) is 5. The number of halogens is 1. The zero-order valence-corrected chi connectivity index (χ0v) is 16.2. The Morgan fingerprint density at radius 2 is 1.86 bits per heavy atom. The van der Waals surface area contributed by atoms with Gasteiger partial charge in [-0.3, -0.25) is 19.3 Å². The van der Waals surface area contributed by atoms with Gasteiger partial charge in [0.2, 0.25) is 17.7 Å². The van der Waals surface area contributed by atoms with Crippen molar-refractivity contribution in [3.8, 4) is 11.3 Å². The predicted octanol–water partition coefficient (Wildman–Crippen LogP) is 3.21. The molecule has 1 aliphatic heterocycles. The van der Waals surface area contributed by atoms with Crippen LogP contribution in [0.4, 0.5) is 5.13 Å². The predicted molar refractivity (Wildman–Crippen MR) is 106 cm³/mol. The molecule has 1 saturated carbocycles. The molecule has 1 saturated heterocycles. The van der Waals surface area contributed by atoms with E-state index in [1.54, 1.807) is 11.4 Å². The number of amides is 3. The van der Waals surface area contributed by atoms with Crippen LogP contribution in [0.1, 0.15) is 6.42 Å². The molecule has 2 bridgehead atoms. The number of rotatable bonds is 4. The van der Waals surface area contributed by atoms with Crippen molar-refractivity contribution in [3.05, 3.63) is 46.8 Å². The fraction of sp³-hybridized carbons (Fsp3) is 0.300. The van der Waals surface area contributed by atoms with Crippen LogP contribution in [0.25, 0.3) is 11.3 Å². The lowest BCUT2D eigenvalue weighted by Crippen LogP contribution is -2.39. The second kappa shape index (κ2) is 6.53. The lowest BCUT2D eigenvalue weighted by molar-refractivity contribution is -0.143. The third-order valence-corrected chi connectivity index (χ3v) is 6.85. The highest BCUT2D eigenvalue weighted by atomic mass is 35.5. The van der Waals surface area contributed by atoms with E-state index in [1.165, 1.54) is 11.3 Å². The summed E-state index contributed by atoms with van der Waals surface area (Å²) in [4.78, 5) is 43.3. The van der Waals surface area contributed by atoms with Gasteiger partial charge in [0.05, 0.1) is 17.5 Å². The van der Waals surface area contributed by atoms with Crippen LogP contribution < -0.4 is 5.32 Å². The largest absolute Gasteiger partial charge is 0.300 e. The maximum Gasteiger partial charge on any atom is 0.246 e. The minimum atomic E-state index is -0.429. The number of nitrogens with zero attached hydrogens (tertiary/aromatic N) is 2. The van der Waals surface area contributed by atoms with E-state index in [0.717, 1.165) is 16.9 Å². The van der Waals surface area contributed by atoms with Gasteiger partial charge >= 0.3 is 0 Å². The summed E-state index contributed by atoms with van der Waals surface area (Å²) in [6, 6.07) is 7.33. The lowest BCUT2D eigenvalue weighted by atomic mass is 9.85. The molecule has 142 valence electrons. The highest BCUT2D eigenvalue weighted by Crippen LogP contribution is 2.52. The molecule has 0 spiro atoms. The Labute approximate surface area is 170 Å². The minimum absolute atomic E-state index is 0.136. The number of aromatic nitrogens is 1. The van der Waals surface area contributed by atoms with Crippen LogP contribution in [0.3, 0.4) is 0 Å². The number of fused-ring (bicyclic) bond motifs is 5. The molecule has 6 nitrogen and oxygen atoms in total. The summed E-state index contributed by atoms with van der Waals surface area (Å²) in [7, 11) is 0. The summed E-state index contributed by atoms with van der Waals surface area (Å²) >= 11 is 7.45. The third kappa shape index (κ3) is 2.69. The second-order valence-electron chi connectivity index (χ2n) is 7.33. The molecule has 0 unspecified atom stereocenters. The maximum atomic E-state index is 12.7. The lowest BCUT2D eigenvalue weighted by Gasteiger charge is -2.16. The van der Waals surface area contributed by atoms with Gasteiger partial charge in [-0.1, -0.05) is 42.0 Å². The molecule has 2 aliphatic carbocycles. The van der Waals surface area contributed by atoms with Crippen LogP contribution in [0, 0.1) is 23.7 Å². The summed E-state index contributed by atoms with van der Waals surface area (Å²) in [5.74, 6) is -1.19. The van der Waals surface area contributed by atoms with E-state index in [9.17, 15) is 14.4 Å². The van der Waals surface area contributed by atoms with E-state index in [2.05, 4.69) is 10.3 Å². The Morgan fingerprint density at radius 1 is 1.18 bits per heavy atom. The number of likely N-dealkylation sites (tertiary alicyclic amines) is 1. The Bertz CT molecular complexity index is 1000. The molecular weight excluding hydrogens is 398 g/mol. The molecule has 1 aromatic heterocycles. The van der Waals surface area contributed by atoms with Crippen LogP contribution in [-0.2, 0) is 14.4 Å². The van der Waals surface area contributed by atoms with Gasteiger partial charge in [-0.05, 0) is 24.3 Å². The van der Waals surface area contributed by atoms with Gasteiger partial charge in [0.1, 0.15) is 6.54 Å². The number of carbonyl (C=O) groups is 3. The zero-order valence-electron chi connectivity index (χ0n) is 14.7. The topological polar surface area (TPSA) is 79.4 Å².